The molecule has 0 atom stereocenters. The third-order valence-corrected chi connectivity index (χ3v) is 0.677. The predicted octanol–water partition coefficient (Wildman–Crippen LogP) is -0.614. The predicted molar refractivity (Wildman–Crippen MR) is 43.6 cm³/mol. The van der Waals surface area contributed by atoms with E-state index in [9.17, 15) is 0 Å². The van der Waals surface area contributed by atoms with Crippen LogP contribution in [0.5, 0.6) is 0 Å². The molecule has 0 rings (SSSR count). The lowest BCUT2D eigenvalue weighted by Gasteiger charge is -1.94. The first kappa shape index (κ1) is 13.8. The minimum absolute atomic E-state index is 0.124. The summed E-state index contributed by atoms with van der Waals surface area (Å²) in [6, 6.07) is 0. The van der Waals surface area contributed by atoms with E-state index in [2.05, 4.69) is 4.74 Å². The number of ether oxygens (including phenoxy) is 1. The van der Waals surface area contributed by atoms with Crippen LogP contribution in [0, 0.1) is 0 Å². The van der Waals surface area contributed by atoms with E-state index in [1.54, 1.807) is 0 Å². The molecule has 0 heterocycles. The highest BCUT2D eigenvalue weighted by atomic mass is 16.5. The monoisotopic (exact) mass is 180 g/mol. The Balaban J connectivity index is 0. The second-order valence-electron chi connectivity index (χ2n) is 1.68. The zero-order valence-electron chi connectivity index (χ0n) is 6.89. The standard InChI is InChI=1S/C5H10O3.C2H6O2/c6-2-1-4-8-5-3-7;3-1-2-4/h3,5-7H,1-2,4H2;3-4H,1-2H2. The summed E-state index contributed by atoms with van der Waals surface area (Å²) in [6.07, 6.45) is 2.59. The Labute approximate surface area is 71.5 Å². The molecular weight excluding hydrogens is 164 g/mol. The van der Waals surface area contributed by atoms with Crippen LogP contribution < -0.4 is 0 Å². The van der Waals surface area contributed by atoms with Crippen molar-refractivity contribution in [2.24, 2.45) is 0 Å². The van der Waals surface area contributed by atoms with E-state index in [1.807, 2.05) is 0 Å². The molecule has 5 heteroatoms. The molecule has 0 amide bonds. The topological polar surface area (TPSA) is 90.2 Å². The molecule has 0 aliphatic heterocycles. The van der Waals surface area contributed by atoms with Crippen LogP contribution in [-0.2, 0) is 4.74 Å². The largest absolute Gasteiger partial charge is 0.512 e. The minimum Gasteiger partial charge on any atom is -0.512 e. The van der Waals surface area contributed by atoms with Crippen molar-refractivity contribution in [1.82, 2.24) is 0 Å². The molecule has 0 aromatic carbocycles. The lowest BCUT2D eigenvalue weighted by atomic mass is 10.5. The molecule has 5 nitrogen and oxygen atoms in total. The van der Waals surface area contributed by atoms with E-state index in [-0.39, 0.29) is 19.8 Å². The van der Waals surface area contributed by atoms with Crippen LogP contribution in [0.3, 0.4) is 0 Å². The highest BCUT2D eigenvalue weighted by Gasteiger charge is 1.78. The van der Waals surface area contributed by atoms with Gasteiger partial charge in [-0.1, -0.05) is 0 Å². The Morgan fingerprint density at radius 1 is 1.00 bits per heavy atom. The number of hydrogen-bond acceptors (Lipinski definition) is 5. The molecule has 0 aliphatic rings. The van der Waals surface area contributed by atoms with Crippen molar-refractivity contribution >= 4 is 0 Å². The number of aliphatic hydroxyl groups is 4. The van der Waals surface area contributed by atoms with Gasteiger partial charge in [0.1, 0.15) is 12.5 Å². The molecule has 0 saturated carbocycles. The van der Waals surface area contributed by atoms with Crippen molar-refractivity contribution in [2.75, 3.05) is 26.4 Å². The quantitative estimate of drug-likeness (QED) is 0.334. The van der Waals surface area contributed by atoms with E-state index in [0.29, 0.717) is 13.0 Å². The summed E-state index contributed by atoms with van der Waals surface area (Å²) < 4.78 is 4.63. The molecule has 0 spiro atoms. The molecule has 0 saturated heterocycles. The van der Waals surface area contributed by atoms with Crippen LogP contribution in [0.4, 0.5) is 0 Å². The second-order valence-corrected chi connectivity index (χ2v) is 1.68. The number of hydrogen-bond donors (Lipinski definition) is 4. The van der Waals surface area contributed by atoms with E-state index in [0.717, 1.165) is 6.26 Å². The molecule has 0 unspecified atom stereocenters. The van der Waals surface area contributed by atoms with E-state index in [4.69, 9.17) is 20.4 Å². The average molecular weight is 180 g/mol. The summed E-state index contributed by atoms with van der Waals surface area (Å²) in [7, 11) is 0. The van der Waals surface area contributed by atoms with Crippen LogP contribution in [-0.4, -0.2) is 46.9 Å². The second kappa shape index (κ2) is 16.7. The summed E-state index contributed by atoms with van der Waals surface area (Å²) in [5.41, 5.74) is 0. The molecular formula is C7H16O5. The summed E-state index contributed by atoms with van der Waals surface area (Å²) >= 11 is 0. The van der Waals surface area contributed by atoms with Crippen LogP contribution in [0.25, 0.3) is 0 Å². The van der Waals surface area contributed by atoms with Gasteiger partial charge >= 0.3 is 0 Å². The van der Waals surface area contributed by atoms with Gasteiger partial charge in [0.25, 0.3) is 0 Å². The molecule has 4 N–H and O–H groups in total. The highest BCUT2D eigenvalue weighted by molar-refractivity contribution is 4.56. The zero-order chi connectivity index (χ0) is 9.66. The van der Waals surface area contributed by atoms with E-state index < -0.39 is 0 Å². The Kier molecular flexibility index (Phi) is 19.1. The summed E-state index contributed by atoms with van der Waals surface area (Å²) in [5, 5.41) is 31.4. The van der Waals surface area contributed by atoms with E-state index in [1.165, 1.54) is 6.26 Å². The Bertz CT molecular complexity index is 81.9. The molecule has 0 aromatic heterocycles. The van der Waals surface area contributed by atoms with Gasteiger partial charge in [0, 0.05) is 13.0 Å². The van der Waals surface area contributed by atoms with Crippen molar-refractivity contribution < 1.29 is 25.2 Å². The SMILES string of the molecule is OC=COCCCO.OCCO. The van der Waals surface area contributed by atoms with Gasteiger partial charge in [0.15, 0.2) is 0 Å². The molecule has 0 fully saturated rings. The van der Waals surface area contributed by atoms with Crippen molar-refractivity contribution in [2.45, 2.75) is 6.42 Å². The maximum Gasteiger partial charge on any atom is 0.117 e. The van der Waals surface area contributed by atoms with Gasteiger partial charge in [-0.2, -0.15) is 0 Å². The fourth-order valence-electron chi connectivity index (χ4n) is 0.259. The third-order valence-electron chi connectivity index (χ3n) is 0.677. The first-order chi connectivity index (χ1) is 5.83. The van der Waals surface area contributed by atoms with Gasteiger partial charge in [-0.05, 0) is 0 Å². The van der Waals surface area contributed by atoms with Gasteiger partial charge in [-0.3, -0.25) is 0 Å². The first-order valence-corrected chi connectivity index (χ1v) is 3.56. The molecule has 74 valence electrons. The summed E-state index contributed by atoms with van der Waals surface area (Å²) in [6.45, 7) is 0.326. The van der Waals surface area contributed by atoms with Gasteiger partial charge in [-0.25, -0.2) is 0 Å². The van der Waals surface area contributed by atoms with Gasteiger partial charge < -0.3 is 25.2 Å². The molecule has 0 radical (unpaired) electrons. The van der Waals surface area contributed by atoms with Crippen molar-refractivity contribution in [3.05, 3.63) is 12.5 Å². The molecule has 0 bridgehead atoms. The van der Waals surface area contributed by atoms with Gasteiger partial charge in [0.2, 0.25) is 0 Å². The summed E-state index contributed by atoms with van der Waals surface area (Å²) in [4.78, 5) is 0. The normalized spacial score (nSPS) is 9.25. The molecule has 12 heavy (non-hydrogen) atoms. The van der Waals surface area contributed by atoms with Crippen LogP contribution in [0.2, 0.25) is 0 Å². The lowest BCUT2D eigenvalue weighted by molar-refractivity contribution is 0.186. The Morgan fingerprint density at radius 2 is 1.58 bits per heavy atom. The van der Waals surface area contributed by atoms with Gasteiger partial charge in [0.05, 0.1) is 19.8 Å². The number of aliphatic hydroxyl groups excluding tert-OH is 4. The Hall–Kier alpha value is -0.780. The fraction of sp³-hybridized carbons (Fsp3) is 0.714. The zero-order valence-corrected chi connectivity index (χ0v) is 6.89. The van der Waals surface area contributed by atoms with E-state index >= 15 is 0 Å². The van der Waals surface area contributed by atoms with Crippen molar-refractivity contribution in [3.8, 4) is 0 Å². The molecule has 0 aromatic rings. The fourth-order valence-corrected chi connectivity index (χ4v) is 0.259. The Morgan fingerprint density at radius 3 is 1.92 bits per heavy atom. The summed E-state index contributed by atoms with van der Waals surface area (Å²) in [5.74, 6) is 0. The lowest BCUT2D eigenvalue weighted by Crippen LogP contribution is -1.90. The highest BCUT2D eigenvalue weighted by Crippen LogP contribution is 1.79. The first-order valence-electron chi connectivity index (χ1n) is 3.56. The molecule has 0 aliphatic carbocycles. The third kappa shape index (κ3) is 22.9. The van der Waals surface area contributed by atoms with Crippen LogP contribution >= 0.6 is 0 Å². The van der Waals surface area contributed by atoms with Gasteiger partial charge in [-0.15, -0.1) is 0 Å². The van der Waals surface area contributed by atoms with Crippen LogP contribution in [0.1, 0.15) is 6.42 Å². The minimum atomic E-state index is -0.125. The van der Waals surface area contributed by atoms with Crippen molar-refractivity contribution in [1.29, 1.82) is 0 Å². The van der Waals surface area contributed by atoms with Crippen LogP contribution in [0.15, 0.2) is 12.5 Å². The van der Waals surface area contributed by atoms with Crippen molar-refractivity contribution in [3.63, 3.8) is 0 Å². The number of rotatable bonds is 5. The maximum absolute atomic E-state index is 8.20. The maximum atomic E-state index is 8.20. The average Bonchev–Trinajstić information content (AvgIpc) is 2.13. The smallest absolute Gasteiger partial charge is 0.117 e.